The van der Waals surface area contributed by atoms with Gasteiger partial charge in [0.2, 0.25) is 0 Å². The van der Waals surface area contributed by atoms with E-state index >= 15 is 0 Å². The first-order valence-corrected chi connectivity index (χ1v) is 6.81. The number of likely N-dealkylation sites (tertiary alicyclic amines) is 1. The smallest absolute Gasteiger partial charge is 0.194 e. The molecule has 114 valence electrons. The maximum absolute atomic E-state index is 5.28. The highest BCUT2D eigenvalue weighted by atomic mass is 127. The van der Waals surface area contributed by atoms with Gasteiger partial charge in [0, 0.05) is 26.1 Å². The van der Waals surface area contributed by atoms with Gasteiger partial charge < -0.3 is 15.0 Å². The molecule has 0 aliphatic carbocycles. The van der Waals surface area contributed by atoms with Gasteiger partial charge in [0.15, 0.2) is 5.96 Å². The lowest BCUT2D eigenvalue weighted by atomic mass is 9.98. The van der Waals surface area contributed by atoms with E-state index in [4.69, 9.17) is 11.2 Å². The number of terminal acetylenes is 1. The third kappa shape index (κ3) is 4.53. The third-order valence-corrected chi connectivity index (χ3v) is 3.64. The molecular weight excluding hydrogens is 377 g/mol. The molecule has 4 nitrogen and oxygen atoms in total. The van der Waals surface area contributed by atoms with Crippen LogP contribution in [-0.2, 0) is 0 Å². The van der Waals surface area contributed by atoms with Crippen LogP contribution < -0.4 is 10.1 Å². The van der Waals surface area contributed by atoms with Crippen LogP contribution in [0.1, 0.15) is 17.9 Å². The highest BCUT2D eigenvalue weighted by Gasteiger charge is 2.25. The van der Waals surface area contributed by atoms with E-state index in [1.54, 1.807) is 14.2 Å². The van der Waals surface area contributed by atoms with Crippen molar-refractivity contribution in [1.29, 1.82) is 0 Å². The van der Waals surface area contributed by atoms with Crippen LogP contribution in [0.25, 0.3) is 0 Å². The number of benzene rings is 1. The lowest BCUT2D eigenvalue weighted by molar-refractivity contribution is 0.414. The highest BCUT2D eigenvalue weighted by molar-refractivity contribution is 14.0. The van der Waals surface area contributed by atoms with Gasteiger partial charge in [0.25, 0.3) is 0 Å². The molecule has 1 atom stereocenters. The topological polar surface area (TPSA) is 36.9 Å². The summed E-state index contributed by atoms with van der Waals surface area (Å²) in [5, 5.41) is 3.17. The summed E-state index contributed by atoms with van der Waals surface area (Å²) < 4.78 is 5.19. The number of guanidine groups is 1. The molecule has 5 heteroatoms. The van der Waals surface area contributed by atoms with Gasteiger partial charge >= 0.3 is 0 Å². The molecule has 21 heavy (non-hydrogen) atoms. The van der Waals surface area contributed by atoms with Crippen molar-refractivity contribution in [2.24, 2.45) is 4.99 Å². The normalized spacial score (nSPS) is 17.9. The Morgan fingerprint density at radius 3 is 2.76 bits per heavy atom. The second-order valence-electron chi connectivity index (χ2n) is 4.81. The lowest BCUT2D eigenvalue weighted by Crippen LogP contribution is -2.40. The molecule has 1 aliphatic heterocycles. The van der Waals surface area contributed by atoms with E-state index in [0.717, 1.165) is 31.2 Å². The van der Waals surface area contributed by atoms with Gasteiger partial charge in [-0.2, -0.15) is 0 Å². The zero-order valence-corrected chi connectivity index (χ0v) is 14.8. The molecule has 0 bridgehead atoms. The largest absolute Gasteiger partial charge is 0.497 e. The van der Waals surface area contributed by atoms with Crippen molar-refractivity contribution in [1.82, 2.24) is 10.2 Å². The number of nitrogens with one attached hydrogen (secondary N) is 1. The summed E-state index contributed by atoms with van der Waals surface area (Å²) in [5.74, 6) is 4.90. The zero-order chi connectivity index (χ0) is 14.4. The van der Waals surface area contributed by atoms with E-state index in [1.807, 2.05) is 12.1 Å². The van der Waals surface area contributed by atoms with Crippen molar-refractivity contribution in [2.45, 2.75) is 12.3 Å². The van der Waals surface area contributed by atoms with E-state index in [1.165, 1.54) is 5.56 Å². The zero-order valence-electron chi connectivity index (χ0n) is 12.5. The Morgan fingerprint density at radius 1 is 1.48 bits per heavy atom. The van der Waals surface area contributed by atoms with E-state index < -0.39 is 0 Å². The maximum atomic E-state index is 5.28. The van der Waals surface area contributed by atoms with Crippen molar-refractivity contribution in [2.75, 3.05) is 33.8 Å². The van der Waals surface area contributed by atoms with Crippen LogP contribution in [-0.4, -0.2) is 44.7 Å². The van der Waals surface area contributed by atoms with E-state index in [0.29, 0.717) is 12.5 Å². The number of ether oxygens (including phenoxy) is 1. The minimum atomic E-state index is 0. The van der Waals surface area contributed by atoms with Crippen molar-refractivity contribution in [3.63, 3.8) is 0 Å². The number of rotatable bonds is 3. The van der Waals surface area contributed by atoms with Crippen molar-refractivity contribution in [3.8, 4) is 18.1 Å². The molecule has 0 amide bonds. The second kappa shape index (κ2) is 8.78. The Morgan fingerprint density at radius 2 is 2.19 bits per heavy atom. The number of aliphatic imine (C=N–C) groups is 1. The molecule has 0 spiro atoms. The quantitative estimate of drug-likeness (QED) is 0.367. The predicted octanol–water partition coefficient (Wildman–Crippen LogP) is 2.31. The first-order chi connectivity index (χ1) is 9.78. The molecule has 1 unspecified atom stereocenters. The fraction of sp³-hybridized carbons (Fsp3) is 0.438. The van der Waals surface area contributed by atoms with Gasteiger partial charge in [-0.3, -0.25) is 4.99 Å². The van der Waals surface area contributed by atoms with Crippen molar-refractivity contribution >= 4 is 29.9 Å². The Hall–Kier alpha value is -1.42. The SMILES string of the molecule is C#CCNC(=NC)N1CCC(c2ccc(OC)cc2)C1.I. The fourth-order valence-electron chi connectivity index (χ4n) is 2.56. The summed E-state index contributed by atoms with van der Waals surface area (Å²) in [7, 11) is 3.48. The van der Waals surface area contributed by atoms with Crippen LogP contribution in [0, 0.1) is 12.3 Å². The van der Waals surface area contributed by atoms with Crippen LogP contribution in [0.5, 0.6) is 5.75 Å². The number of methoxy groups -OCH3 is 1. The van der Waals surface area contributed by atoms with Crippen LogP contribution >= 0.6 is 24.0 Å². The molecule has 0 aromatic heterocycles. The van der Waals surface area contributed by atoms with Crippen LogP contribution in [0.15, 0.2) is 29.3 Å². The van der Waals surface area contributed by atoms with Crippen LogP contribution in [0.4, 0.5) is 0 Å². The number of hydrogen-bond acceptors (Lipinski definition) is 2. The summed E-state index contributed by atoms with van der Waals surface area (Å²) >= 11 is 0. The van der Waals surface area contributed by atoms with Crippen LogP contribution in [0.3, 0.4) is 0 Å². The van der Waals surface area contributed by atoms with Crippen LogP contribution in [0.2, 0.25) is 0 Å². The average Bonchev–Trinajstić information content (AvgIpc) is 2.98. The Labute approximate surface area is 144 Å². The third-order valence-electron chi connectivity index (χ3n) is 3.64. The number of nitrogens with zero attached hydrogens (tertiary/aromatic N) is 2. The lowest BCUT2D eigenvalue weighted by Gasteiger charge is -2.21. The molecule has 1 aromatic carbocycles. The maximum Gasteiger partial charge on any atom is 0.194 e. The Kier molecular flexibility index (Phi) is 7.37. The summed E-state index contributed by atoms with van der Waals surface area (Å²) in [6, 6.07) is 8.32. The van der Waals surface area contributed by atoms with Crippen molar-refractivity contribution < 1.29 is 4.74 Å². The number of hydrogen-bond donors (Lipinski definition) is 1. The standard InChI is InChI=1S/C16H21N3O.HI/c1-4-10-18-16(17-2)19-11-9-14(12-19)13-5-7-15(20-3)8-6-13;/h1,5-8,14H,9-12H2,2-3H3,(H,17,18);1H. The minimum absolute atomic E-state index is 0. The van der Waals surface area contributed by atoms with Gasteiger partial charge in [-0.1, -0.05) is 18.1 Å². The molecule has 0 saturated carbocycles. The summed E-state index contributed by atoms with van der Waals surface area (Å²) in [6.07, 6.45) is 6.41. The second-order valence-corrected chi connectivity index (χ2v) is 4.81. The molecule has 1 heterocycles. The molecule has 0 radical (unpaired) electrons. The molecule has 1 fully saturated rings. The van der Waals surface area contributed by atoms with E-state index in [2.05, 4.69) is 33.3 Å². The van der Waals surface area contributed by atoms with Gasteiger partial charge in [-0.15, -0.1) is 30.4 Å². The summed E-state index contributed by atoms with van der Waals surface area (Å²) in [6.45, 7) is 2.48. The molecular formula is C16H22IN3O. The summed E-state index contributed by atoms with van der Waals surface area (Å²) in [5.41, 5.74) is 1.35. The Bertz CT molecular complexity index is 507. The summed E-state index contributed by atoms with van der Waals surface area (Å²) in [4.78, 5) is 6.54. The molecule has 1 aromatic rings. The van der Waals surface area contributed by atoms with Gasteiger partial charge in [0.1, 0.15) is 5.75 Å². The first kappa shape index (κ1) is 17.6. The first-order valence-electron chi connectivity index (χ1n) is 6.81. The number of halogens is 1. The molecule has 1 N–H and O–H groups in total. The Balaban J connectivity index is 0.00000220. The monoisotopic (exact) mass is 399 g/mol. The van der Waals surface area contributed by atoms with E-state index in [-0.39, 0.29) is 24.0 Å². The van der Waals surface area contributed by atoms with Gasteiger partial charge in [-0.05, 0) is 24.1 Å². The molecule has 1 aliphatic rings. The molecule has 2 rings (SSSR count). The predicted molar refractivity (Wildman–Crippen MR) is 97.5 cm³/mol. The molecule has 1 saturated heterocycles. The van der Waals surface area contributed by atoms with E-state index in [9.17, 15) is 0 Å². The van der Waals surface area contributed by atoms with Gasteiger partial charge in [-0.25, -0.2) is 0 Å². The fourth-order valence-corrected chi connectivity index (χ4v) is 2.56. The average molecular weight is 399 g/mol. The highest BCUT2D eigenvalue weighted by Crippen LogP contribution is 2.28. The van der Waals surface area contributed by atoms with Crippen molar-refractivity contribution in [3.05, 3.63) is 29.8 Å². The minimum Gasteiger partial charge on any atom is -0.497 e. The van der Waals surface area contributed by atoms with Gasteiger partial charge in [0.05, 0.1) is 13.7 Å².